The van der Waals surface area contributed by atoms with Gasteiger partial charge in [0.1, 0.15) is 0 Å². The van der Waals surface area contributed by atoms with Gasteiger partial charge in [0.25, 0.3) is 0 Å². The predicted molar refractivity (Wildman–Crippen MR) is 193 cm³/mol. The normalized spacial score (nSPS) is 12.4. The first-order valence-electron chi connectivity index (χ1n) is 15.8. The van der Waals surface area contributed by atoms with Crippen molar-refractivity contribution in [3.63, 3.8) is 0 Å². The molecule has 0 unspecified atom stereocenters. The summed E-state index contributed by atoms with van der Waals surface area (Å²) < 4.78 is 0. The van der Waals surface area contributed by atoms with Crippen LogP contribution in [0.25, 0.3) is 87.2 Å². The average Bonchev–Trinajstić information content (AvgIpc) is 3.10. The number of fused-ring (bicyclic) bond motifs is 6. The van der Waals surface area contributed by atoms with Crippen molar-refractivity contribution >= 4 is 53.9 Å². The standard InChI is InChI=1S/C45H28/c1-4-17-34-28(12-1)25-31-15-11-16-32-26-33(27-41(34)42(31)32)43-37-20-7-9-22-39(37)45(40-23-10-8-21-38(40)43)44-35-18-5-2-13-29(35)24-30-14-3-6-19-36(30)44/h1-24,26-27H,25H2. The van der Waals surface area contributed by atoms with Gasteiger partial charge in [-0.05, 0) is 123 Å². The minimum absolute atomic E-state index is 0.986. The summed E-state index contributed by atoms with van der Waals surface area (Å²) in [6.07, 6.45) is 0.986. The van der Waals surface area contributed by atoms with Gasteiger partial charge in [0.15, 0.2) is 0 Å². The van der Waals surface area contributed by atoms with Crippen LogP contribution in [0.3, 0.4) is 0 Å². The van der Waals surface area contributed by atoms with Gasteiger partial charge in [0.05, 0.1) is 0 Å². The van der Waals surface area contributed by atoms with Crippen molar-refractivity contribution in [2.24, 2.45) is 0 Å². The Balaban J connectivity index is 1.38. The molecule has 9 aromatic carbocycles. The lowest BCUT2D eigenvalue weighted by Crippen LogP contribution is -2.01. The number of hydrogen-bond donors (Lipinski definition) is 0. The fourth-order valence-corrected chi connectivity index (χ4v) is 8.14. The second kappa shape index (κ2) is 9.39. The molecule has 0 heterocycles. The molecule has 0 fully saturated rings. The highest BCUT2D eigenvalue weighted by Crippen LogP contribution is 2.49. The largest absolute Gasteiger partial charge is 0.0619 e. The van der Waals surface area contributed by atoms with Crippen LogP contribution in [0.1, 0.15) is 11.1 Å². The zero-order valence-corrected chi connectivity index (χ0v) is 24.7. The van der Waals surface area contributed by atoms with Crippen molar-refractivity contribution in [2.75, 3.05) is 0 Å². The Morgan fingerprint density at radius 3 is 1.47 bits per heavy atom. The molecule has 0 atom stereocenters. The molecule has 10 rings (SSSR count). The maximum Gasteiger partial charge on any atom is -0.00132 e. The molecular formula is C45H28. The maximum atomic E-state index is 2.46. The van der Waals surface area contributed by atoms with Crippen LogP contribution in [0.2, 0.25) is 0 Å². The van der Waals surface area contributed by atoms with Crippen LogP contribution < -0.4 is 0 Å². The number of benzene rings is 9. The van der Waals surface area contributed by atoms with Gasteiger partial charge < -0.3 is 0 Å². The first kappa shape index (κ1) is 24.7. The molecule has 1 aliphatic rings. The SMILES string of the molecule is c1ccc2c(c1)Cc1cccc3cc(-c4c5ccccc5c(-c5c6ccccc6cc6ccccc56)c5ccccc45)cc-2c13. The highest BCUT2D eigenvalue weighted by atomic mass is 14.3. The van der Waals surface area contributed by atoms with E-state index in [1.54, 1.807) is 0 Å². The van der Waals surface area contributed by atoms with E-state index in [1.807, 2.05) is 0 Å². The fourth-order valence-electron chi connectivity index (χ4n) is 8.14. The third-order valence-electron chi connectivity index (χ3n) is 9.99. The van der Waals surface area contributed by atoms with Crippen LogP contribution in [0.15, 0.2) is 158 Å². The highest BCUT2D eigenvalue weighted by Gasteiger charge is 2.23. The lowest BCUT2D eigenvalue weighted by atomic mass is 9.80. The Morgan fingerprint density at radius 2 is 0.800 bits per heavy atom. The van der Waals surface area contributed by atoms with Crippen LogP contribution in [0.4, 0.5) is 0 Å². The topological polar surface area (TPSA) is 0 Å². The second-order valence-electron chi connectivity index (χ2n) is 12.4. The Bertz CT molecular complexity index is 2560. The van der Waals surface area contributed by atoms with Crippen LogP contribution in [0, 0.1) is 0 Å². The van der Waals surface area contributed by atoms with Crippen molar-refractivity contribution in [2.45, 2.75) is 6.42 Å². The zero-order chi connectivity index (χ0) is 29.5. The van der Waals surface area contributed by atoms with Gasteiger partial charge >= 0.3 is 0 Å². The maximum absolute atomic E-state index is 2.46. The molecule has 0 spiro atoms. The molecule has 0 aromatic heterocycles. The van der Waals surface area contributed by atoms with E-state index in [0.29, 0.717) is 0 Å². The first-order valence-corrected chi connectivity index (χ1v) is 15.8. The summed E-state index contributed by atoms with van der Waals surface area (Å²) in [5.74, 6) is 0. The molecule has 208 valence electrons. The molecule has 0 bridgehead atoms. The van der Waals surface area contributed by atoms with E-state index < -0.39 is 0 Å². The monoisotopic (exact) mass is 568 g/mol. The van der Waals surface area contributed by atoms with Crippen LogP contribution in [0.5, 0.6) is 0 Å². The van der Waals surface area contributed by atoms with Crippen molar-refractivity contribution in [1.29, 1.82) is 0 Å². The molecule has 45 heavy (non-hydrogen) atoms. The van der Waals surface area contributed by atoms with E-state index in [4.69, 9.17) is 0 Å². The van der Waals surface area contributed by atoms with E-state index in [9.17, 15) is 0 Å². The smallest absolute Gasteiger partial charge is 0.00132 e. The first-order chi connectivity index (χ1) is 22.3. The Hall–Kier alpha value is -5.72. The van der Waals surface area contributed by atoms with Gasteiger partial charge in [0.2, 0.25) is 0 Å². The molecule has 1 aliphatic carbocycles. The van der Waals surface area contributed by atoms with E-state index >= 15 is 0 Å². The van der Waals surface area contributed by atoms with Crippen molar-refractivity contribution in [3.8, 4) is 33.4 Å². The molecule has 0 amide bonds. The third-order valence-corrected chi connectivity index (χ3v) is 9.99. The zero-order valence-electron chi connectivity index (χ0n) is 24.7. The molecule has 0 radical (unpaired) electrons. The Kier molecular flexibility index (Phi) is 5.15. The van der Waals surface area contributed by atoms with E-state index in [0.717, 1.165) is 6.42 Å². The van der Waals surface area contributed by atoms with Gasteiger partial charge in [0, 0.05) is 0 Å². The predicted octanol–water partition coefficient (Wildman–Crippen LogP) is 12.4. The lowest BCUT2D eigenvalue weighted by molar-refractivity contribution is 1.20. The molecule has 0 aliphatic heterocycles. The van der Waals surface area contributed by atoms with E-state index in [-0.39, 0.29) is 0 Å². The lowest BCUT2D eigenvalue weighted by Gasteiger charge is -2.24. The van der Waals surface area contributed by atoms with Crippen molar-refractivity contribution in [1.82, 2.24) is 0 Å². The van der Waals surface area contributed by atoms with Crippen LogP contribution >= 0.6 is 0 Å². The summed E-state index contributed by atoms with van der Waals surface area (Å²) >= 11 is 0. The summed E-state index contributed by atoms with van der Waals surface area (Å²) in [5.41, 5.74) is 10.7. The van der Waals surface area contributed by atoms with Crippen molar-refractivity contribution < 1.29 is 0 Å². The van der Waals surface area contributed by atoms with Crippen molar-refractivity contribution in [3.05, 3.63) is 169 Å². The molecule has 0 saturated heterocycles. The molecule has 9 aromatic rings. The van der Waals surface area contributed by atoms with Crippen LogP contribution in [-0.2, 0) is 6.42 Å². The summed E-state index contributed by atoms with van der Waals surface area (Å²) in [5, 5.41) is 13.0. The summed E-state index contributed by atoms with van der Waals surface area (Å²) in [6.45, 7) is 0. The minimum Gasteiger partial charge on any atom is -0.0619 e. The Morgan fingerprint density at radius 1 is 0.311 bits per heavy atom. The fraction of sp³-hybridized carbons (Fsp3) is 0.0222. The molecule has 0 heteroatoms. The highest BCUT2D eigenvalue weighted by molar-refractivity contribution is 6.27. The molecular weight excluding hydrogens is 540 g/mol. The average molecular weight is 569 g/mol. The summed E-state index contributed by atoms with van der Waals surface area (Å²) in [7, 11) is 0. The van der Waals surface area contributed by atoms with E-state index in [1.165, 1.54) is 98.4 Å². The van der Waals surface area contributed by atoms with Gasteiger partial charge in [-0.2, -0.15) is 0 Å². The third kappa shape index (κ3) is 3.54. The quantitative estimate of drug-likeness (QED) is 0.182. The minimum atomic E-state index is 0.986. The molecule has 0 saturated carbocycles. The van der Waals surface area contributed by atoms with Gasteiger partial charge in [-0.15, -0.1) is 0 Å². The Labute approximate surface area is 261 Å². The van der Waals surface area contributed by atoms with Gasteiger partial charge in [-0.25, -0.2) is 0 Å². The van der Waals surface area contributed by atoms with Gasteiger partial charge in [-0.1, -0.05) is 140 Å². The second-order valence-corrected chi connectivity index (χ2v) is 12.4. The molecule has 0 N–H and O–H groups in total. The molecule has 0 nitrogen and oxygen atoms in total. The number of rotatable bonds is 2. The van der Waals surface area contributed by atoms with Gasteiger partial charge in [-0.3, -0.25) is 0 Å². The van der Waals surface area contributed by atoms with E-state index in [2.05, 4.69) is 158 Å². The number of hydrogen-bond acceptors (Lipinski definition) is 0. The summed E-state index contributed by atoms with van der Waals surface area (Å²) in [4.78, 5) is 0. The summed E-state index contributed by atoms with van der Waals surface area (Å²) in [6, 6.07) is 58.8. The van der Waals surface area contributed by atoms with Crippen LogP contribution in [-0.4, -0.2) is 0 Å².